The van der Waals surface area contributed by atoms with Crippen LogP contribution in [0.25, 0.3) is 0 Å². The molecule has 0 heterocycles. The average Bonchev–Trinajstić information content (AvgIpc) is 2.75. The fourth-order valence-corrected chi connectivity index (χ4v) is 4.41. The van der Waals surface area contributed by atoms with Crippen LogP contribution in [0.4, 0.5) is 0 Å². The molecule has 4 rings (SSSR count). The molecular formula is C19H17N. The van der Waals surface area contributed by atoms with E-state index >= 15 is 0 Å². The first-order chi connectivity index (χ1) is 9.74. The molecule has 1 nitrogen and oxygen atoms in total. The molecule has 0 aliphatic heterocycles. The van der Waals surface area contributed by atoms with Crippen molar-refractivity contribution in [3.8, 4) is 6.07 Å². The molecule has 1 saturated carbocycles. The van der Waals surface area contributed by atoms with Crippen LogP contribution in [0.15, 0.2) is 54.6 Å². The topological polar surface area (TPSA) is 23.8 Å². The molecule has 20 heavy (non-hydrogen) atoms. The molecule has 0 N–H and O–H groups in total. The van der Waals surface area contributed by atoms with E-state index in [-0.39, 0.29) is 5.41 Å². The third kappa shape index (κ3) is 1.37. The predicted molar refractivity (Wildman–Crippen MR) is 79.4 cm³/mol. The third-order valence-corrected chi connectivity index (χ3v) is 5.30. The Hall–Kier alpha value is -2.07. The van der Waals surface area contributed by atoms with Crippen molar-refractivity contribution in [1.82, 2.24) is 0 Å². The molecule has 0 bridgehead atoms. The maximum absolute atomic E-state index is 9.69. The number of fused-ring (bicyclic) bond motifs is 4. The van der Waals surface area contributed by atoms with Crippen molar-refractivity contribution >= 4 is 0 Å². The molecule has 1 heteroatoms. The van der Waals surface area contributed by atoms with Crippen LogP contribution in [0.1, 0.15) is 47.8 Å². The lowest BCUT2D eigenvalue weighted by atomic mass is 9.61. The molecule has 2 aromatic rings. The van der Waals surface area contributed by atoms with Gasteiger partial charge in [0.05, 0.1) is 11.5 Å². The monoisotopic (exact) mass is 259 g/mol. The van der Waals surface area contributed by atoms with Crippen molar-refractivity contribution in [3.05, 3.63) is 71.3 Å². The van der Waals surface area contributed by atoms with Crippen molar-refractivity contribution in [2.45, 2.75) is 31.1 Å². The summed E-state index contributed by atoms with van der Waals surface area (Å²) < 4.78 is 0. The molecule has 1 fully saturated rings. The summed E-state index contributed by atoms with van der Waals surface area (Å²) in [7, 11) is 0. The summed E-state index contributed by atoms with van der Waals surface area (Å²) in [4.78, 5) is 0. The fourth-order valence-electron chi connectivity index (χ4n) is 4.41. The van der Waals surface area contributed by atoms with E-state index < -0.39 is 0 Å². The highest BCUT2D eigenvalue weighted by molar-refractivity contribution is 5.53. The Balaban J connectivity index is 1.84. The minimum atomic E-state index is -0.223. The van der Waals surface area contributed by atoms with Crippen LogP contribution in [0.2, 0.25) is 0 Å². The highest BCUT2D eigenvalue weighted by Crippen LogP contribution is 2.69. The van der Waals surface area contributed by atoms with E-state index in [4.69, 9.17) is 0 Å². The molecule has 4 unspecified atom stereocenters. The Bertz CT molecular complexity index is 697. The Morgan fingerprint density at radius 1 is 1.00 bits per heavy atom. The van der Waals surface area contributed by atoms with E-state index in [9.17, 15) is 5.26 Å². The van der Waals surface area contributed by atoms with Crippen molar-refractivity contribution < 1.29 is 0 Å². The molecule has 0 aromatic heterocycles. The number of hydrogen-bond donors (Lipinski definition) is 0. The molecule has 98 valence electrons. The fraction of sp³-hybridized carbons (Fsp3) is 0.316. The zero-order valence-electron chi connectivity index (χ0n) is 11.6. The zero-order valence-corrected chi connectivity index (χ0v) is 11.6. The van der Waals surface area contributed by atoms with Crippen molar-refractivity contribution in [3.63, 3.8) is 0 Å². The number of benzene rings is 2. The highest BCUT2D eigenvalue weighted by atomic mass is 14.6. The van der Waals surface area contributed by atoms with Crippen LogP contribution in [-0.2, 0) is 0 Å². The number of nitriles is 1. The van der Waals surface area contributed by atoms with Gasteiger partial charge in [0, 0.05) is 5.92 Å². The van der Waals surface area contributed by atoms with E-state index in [0.717, 1.165) is 6.42 Å². The molecule has 2 aliphatic carbocycles. The summed E-state index contributed by atoms with van der Waals surface area (Å²) in [5.74, 6) is 1.42. The molecule has 0 amide bonds. The smallest absolute Gasteiger partial charge is 0.0693 e. The highest BCUT2D eigenvalue weighted by Gasteiger charge is 2.58. The first-order valence-corrected chi connectivity index (χ1v) is 7.29. The van der Waals surface area contributed by atoms with Gasteiger partial charge < -0.3 is 0 Å². The van der Waals surface area contributed by atoms with Gasteiger partial charge in [0.25, 0.3) is 0 Å². The van der Waals surface area contributed by atoms with Crippen molar-refractivity contribution in [2.75, 3.05) is 0 Å². The summed E-state index contributed by atoms with van der Waals surface area (Å²) >= 11 is 0. The second-order valence-corrected chi connectivity index (χ2v) is 6.38. The molecule has 4 atom stereocenters. The molecular weight excluding hydrogens is 242 g/mol. The minimum Gasteiger partial charge on any atom is -0.198 e. The number of rotatable bonds is 1. The van der Waals surface area contributed by atoms with Crippen molar-refractivity contribution in [2.24, 2.45) is 5.41 Å². The lowest BCUT2D eigenvalue weighted by molar-refractivity contribution is 0.358. The average molecular weight is 259 g/mol. The van der Waals surface area contributed by atoms with Gasteiger partial charge in [-0.05, 0) is 41.9 Å². The second-order valence-electron chi connectivity index (χ2n) is 6.38. The van der Waals surface area contributed by atoms with Gasteiger partial charge in [-0.3, -0.25) is 0 Å². The maximum Gasteiger partial charge on any atom is 0.0693 e. The van der Waals surface area contributed by atoms with E-state index in [2.05, 4.69) is 67.6 Å². The zero-order chi connectivity index (χ0) is 13.7. The SMILES string of the molecule is CC1(C#N)CC(c2ccccc2)C2c3ccccc3C21. The van der Waals surface area contributed by atoms with Gasteiger partial charge in [0.2, 0.25) is 0 Å². The predicted octanol–water partition coefficient (Wildman–Crippen LogP) is 4.58. The molecule has 0 radical (unpaired) electrons. The Labute approximate surface area is 119 Å². The Morgan fingerprint density at radius 2 is 1.65 bits per heavy atom. The van der Waals surface area contributed by atoms with Crippen LogP contribution < -0.4 is 0 Å². The normalized spacial score (nSPS) is 33.7. The summed E-state index contributed by atoms with van der Waals surface area (Å²) in [6, 6.07) is 22.0. The number of nitrogens with zero attached hydrogens (tertiary/aromatic N) is 1. The molecule has 2 aliphatic rings. The Kier molecular flexibility index (Phi) is 2.32. The lowest BCUT2D eigenvalue weighted by Gasteiger charge is -2.41. The van der Waals surface area contributed by atoms with Crippen molar-refractivity contribution in [1.29, 1.82) is 5.26 Å². The summed E-state index contributed by atoms with van der Waals surface area (Å²) in [6.07, 6.45) is 0.970. The largest absolute Gasteiger partial charge is 0.198 e. The minimum absolute atomic E-state index is 0.223. The van der Waals surface area contributed by atoms with Crippen LogP contribution in [0.5, 0.6) is 0 Å². The van der Waals surface area contributed by atoms with Crippen LogP contribution in [0, 0.1) is 16.7 Å². The van der Waals surface area contributed by atoms with Gasteiger partial charge in [-0.15, -0.1) is 0 Å². The van der Waals surface area contributed by atoms with Gasteiger partial charge in [-0.2, -0.15) is 5.26 Å². The summed E-state index contributed by atoms with van der Waals surface area (Å²) in [5.41, 5.74) is 4.03. The third-order valence-electron chi connectivity index (χ3n) is 5.30. The molecule has 0 saturated heterocycles. The van der Waals surface area contributed by atoms with Crippen LogP contribution in [0.3, 0.4) is 0 Å². The summed E-state index contributed by atoms with van der Waals surface area (Å²) in [6.45, 7) is 2.14. The Morgan fingerprint density at radius 3 is 2.35 bits per heavy atom. The van der Waals surface area contributed by atoms with Crippen LogP contribution in [-0.4, -0.2) is 0 Å². The van der Waals surface area contributed by atoms with Gasteiger partial charge in [0.15, 0.2) is 0 Å². The standard InChI is InChI=1S/C19H17N/c1-19(12-20)11-16(13-7-3-2-4-8-13)17-14-9-5-6-10-15(14)18(17)19/h2-10,16-18H,11H2,1H3. The van der Waals surface area contributed by atoms with Gasteiger partial charge >= 0.3 is 0 Å². The number of hydrogen-bond acceptors (Lipinski definition) is 1. The van der Waals surface area contributed by atoms with Gasteiger partial charge in [-0.25, -0.2) is 0 Å². The van der Waals surface area contributed by atoms with Crippen LogP contribution >= 0.6 is 0 Å². The van der Waals surface area contributed by atoms with E-state index in [0.29, 0.717) is 17.8 Å². The molecule has 2 aromatic carbocycles. The van der Waals surface area contributed by atoms with E-state index in [1.165, 1.54) is 16.7 Å². The first-order valence-electron chi connectivity index (χ1n) is 7.29. The first kappa shape index (κ1) is 11.7. The van der Waals surface area contributed by atoms with E-state index in [1.54, 1.807) is 0 Å². The van der Waals surface area contributed by atoms with E-state index in [1.807, 2.05) is 0 Å². The second kappa shape index (κ2) is 3.96. The van der Waals surface area contributed by atoms with Gasteiger partial charge in [0.1, 0.15) is 0 Å². The quantitative estimate of drug-likeness (QED) is 0.735. The molecule has 0 spiro atoms. The van der Waals surface area contributed by atoms with Gasteiger partial charge in [-0.1, -0.05) is 54.6 Å². The maximum atomic E-state index is 9.69. The lowest BCUT2D eigenvalue weighted by Crippen LogP contribution is -2.30. The summed E-state index contributed by atoms with van der Waals surface area (Å²) in [5, 5.41) is 9.69.